The van der Waals surface area contributed by atoms with Crippen LogP contribution in [-0.2, 0) is 9.31 Å². The van der Waals surface area contributed by atoms with Crippen molar-refractivity contribution in [3.63, 3.8) is 0 Å². The van der Waals surface area contributed by atoms with Gasteiger partial charge in [-0.1, -0.05) is 40.2 Å². The van der Waals surface area contributed by atoms with E-state index < -0.39 is 0 Å². The third-order valence-electron chi connectivity index (χ3n) is 7.68. The van der Waals surface area contributed by atoms with Gasteiger partial charge in [-0.3, -0.25) is 0 Å². The lowest BCUT2D eigenvalue weighted by molar-refractivity contribution is 0.00578. The van der Waals surface area contributed by atoms with Gasteiger partial charge in [-0.2, -0.15) is 0 Å². The quantitative estimate of drug-likeness (QED) is 0.337. The molecule has 1 saturated heterocycles. The zero-order valence-corrected chi connectivity index (χ0v) is 25.6. The largest absolute Gasteiger partial charge is 0.497 e. The van der Waals surface area contributed by atoms with Crippen LogP contribution in [0.3, 0.4) is 0 Å². The molecule has 38 heavy (non-hydrogen) atoms. The number of ether oxygens (including phenoxy) is 2. The highest BCUT2D eigenvalue weighted by atomic mass is 79.9. The summed E-state index contributed by atoms with van der Waals surface area (Å²) < 4.78 is 23.2. The van der Waals surface area contributed by atoms with Gasteiger partial charge in [-0.05, 0) is 132 Å². The Labute approximate surface area is 239 Å². The molecule has 0 spiro atoms. The van der Waals surface area contributed by atoms with Crippen LogP contribution in [0, 0.1) is 0 Å². The highest BCUT2D eigenvalue weighted by Crippen LogP contribution is 2.40. The Balaban J connectivity index is 0.000000163. The van der Waals surface area contributed by atoms with Gasteiger partial charge in [0.25, 0.3) is 0 Å². The Hall–Kier alpha value is -2.02. The zero-order valence-electron chi connectivity index (χ0n) is 24.0. The van der Waals surface area contributed by atoms with E-state index in [0.29, 0.717) is 0 Å². The first-order valence-electron chi connectivity index (χ1n) is 13.8. The van der Waals surface area contributed by atoms with Gasteiger partial charge in [-0.15, -0.1) is 0 Å². The Morgan fingerprint density at radius 1 is 0.684 bits per heavy atom. The molecule has 0 radical (unpaired) electrons. The monoisotopic (exact) mass is 582 g/mol. The molecule has 2 aliphatic carbocycles. The molecule has 206 valence electrons. The van der Waals surface area contributed by atoms with Crippen LogP contribution in [0.2, 0.25) is 0 Å². The third kappa shape index (κ3) is 8.76. The second kappa shape index (κ2) is 14.4. The summed E-state index contributed by atoms with van der Waals surface area (Å²) in [7, 11) is 3.26. The minimum Gasteiger partial charge on any atom is -0.497 e. The summed E-state index contributed by atoms with van der Waals surface area (Å²) in [5.74, 6) is 1.82. The molecular formula is C32H44BBrO4. The van der Waals surface area contributed by atoms with Crippen LogP contribution in [-0.4, -0.2) is 32.5 Å². The average Bonchev–Trinajstić information content (AvgIpc) is 3.17. The molecule has 1 aliphatic heterocycles. The number of benzene rings is 2. The van der Waals surface area contributed by atoms with Gasteiger partial charge in [0.1, 0.15) is 11.5 Å². The first-order chi connectivity index (χ1) is 18.1. The number of hydrogen-bond donors (Lipinski definition) is 0. The summed E-state index contributed by atoms with van der Waals surface area (Å²) in [4.78, 5) is 0. The lowest BCUT2D eigenvalue weighted by Gasteiger charge is -2.32. The second-order valence-electron chi connectivity index (χ2n) is 11.0. The summed E-state index contributed by atoms with van der Waals surface area (Å²) in [6.45, 7) is 8.43. The molecule has 0 unspecified atom stereocenters. The standard InChI is InChI=1S/C13H16O.C12H21BO2.C7H7BrO/c1-14-13-9-7-12(8-10-13)11-5-3-2-4-6-11;1-11(2)12(3,4)15-13(14-11)10-8-6-5-7-9-10;1-9-7-4-2-6(8)3-5-7/h5,7-10H,2-4,6H2,1H3;8H,5-7,9H2,1-4H3;2-5H,1H3. The Kier molecular flexibility index (Phi) is 11.6. The van der Waals surface area contributed by atoms with E-state index in [-0.39, 0.29) is 18.3 Å². The highest BCUT2D eigenvalue weighted by Gasteiger charge is 2.52. The number of rotatable bonds is 4. The Bertz CT molecular complexity index is 1040. The lowest BCUT2D eigenvalue weighted by Crippen LogP contribution is -2.41. The van der Waals surface area contributed by atoms with E-state index in [2.05, 4.69) is 67.9 Å². The van der Waals surface area contributed by atoms with E-state index in [1.807, 2.05) is 36.4 Å². The Morgan fingerprint density at radius 3 is 1.63 bits per heavy atom. The molecule has 6 heteroatoms. The molecule has 0 amide bonds. The third-order valence-corrected chi connectivity index (χ3v) is 8.21. The first-order valence-corrected chi connectivity index (χ1v) is 14.6. The molecule has 0 saturated carbocycles. The van der Waals surface area contributed by atoms with Crippen LogP contribution in [0.15, 0.2) is 70.6 Å². The molecule has 4 nitrogen and oxygen atoms in total. The van der Waals surface area contributed by atoms with E-state index in [1.165, 1.54) is 61.6 Å². The van der Waals surface area contributed by atoms with E-state index >= 15 is 0 Å². The van der Waals surface area contributed by atoms with Crippen molar-refractivity contribution >= 4 is 28.6 Å². The number of halogens is 1. The van der Waals surface area contributed by atoms with Gasteiger partial charge in [0, 0.05) is 4.47 Å². The smallest absolute Gasteiger partial charge is 0.490 e. The van der Waals surface area contributed by atoms with Crippen molar-refractivity contribution in [1.29, 1.82) is 0 Å². The van der Waals surface area contributed by atoms with Crippen molar-refractivity contribution in [2.75, 3.05) is 14.2 Å². The summed E-state index contributed by atoms with van der Waals surface area (Å²) in [6, 6.07) is 16.1. The molecule has 3 aliphatic rings. The summed E-state index contributed by atoms with van der Waals surface area (Å²) in [6.07, 6.45) is 14.7. The van der Waals surface area contributed by atoms with E-state index in [4.69, 9.17) is 18.8 Å². The maximum atomic E-state index is 6.01. The van der Waals surface area contributed by atoms with Crippen LogP contribution in [0.5, 0.6) is 11.5 Å². The van der Waals surface area contributed by atoms with Crippen LogP contribution in [0.4, 0.5) is 0 Å². The van der Waals surface area contributed by atoms with E-state index in [9.17, 15) is 0 Å². The van der Waals surface area contributed by atoms with Crippen molar-refractivity contribution in [3.05, 3.63) is 76.2 Å². The van der Waals surface area contributed by atoms with Gasteiger partial charge in [-0.25, -0.2) is 0 Å². The van der Waals surface area contributed by atoms with E-state index in [0.717, 1.165) is 22.4 Å². The van der Waals surface area contributed by atoms with Crippen molar-refractivity contribution in [3.8, 4) is 11.5 Å². The Morgan fingerprint density at radius 2 is 1.18 bits per heavy atom. The van der Waals surface area contributed by atoms with Crippen LogP contribution < -0.4 is 9.47 Å². The summed E-state index contributed by atoms with van der Waals surface area (Å²) in [5.41, 5.74) is 3.80. The van der Waals surface area contributed by atoms with Crippen molar-refractivity contribution < 1.29 is 18.8 Å². The molecule has 5 rings (SSSR count). The molecule has 0 atom stereocenters. The number of hydrogen-bond acceptors (Lipinski definition) is 4. The fraction of sp³-hybridized carbons (Fsp3) is 0.500. The topological polar surface area (TPSA) is 36.9 Å². The first kappa shape index (κ1) is 30.5. The van der Waals surface area contributed by atoms with Gasteiger partial charge in [0.05, 0.1) is 25.4 Å². The SMILES string of the molecule is CC1(C)OB(C2=CCCCC2)OC1(C)C.COc1ccc(Br)cc1.COc1ccc(C2=CCCCC2)cc1. The number of methoxy groups -OCH3 is 2. The summed E-state index contributed by atoms with van der Waals surface area (Å²) >= 11 is 3.32. The molecule has 2 aromatic carbocycles. The molecular weight excluding hydrogens is 539 g/mol. The zero-order chi connectivity index (χ0) is 27.6. The average molecular weight is 583 g/mol. The second-order valence-corrected chi connectivity index (χ2v) is 11.9. The fourth-order valence-corrected chi connectivity index (χ4v) is 4.81. The van der Waals surface area contributed by atoms with Gasteiger partial charge >= 0.3 is 7.12 Å². The lowest BCUT2D eigenvalue weighted by atomic mass is 9.73. The van der Waals surface area contributed by atoms with Crippen molar-refractivity contribution in [2.45, 2.75) is 90.3 Å². The van der Waals surface area contributed by atoms with Crippen molar-refractivity contribution in [2.24, 2.45) is 0 Å². The predicted octanol–water partition coefficient (Wildman–Crippen LogP) is 9.23. The summed E-state index contributed by atoms with van der Waals surface area (Å²) in [5, 5.41) is 0. The molecule has 1 heterocycles. The fourth-order valence-electron chi connectivity index (χ4n) is 4.55. The van der Waals surface area contributed by atoms with Crippen LogP contribution >= 0.6 is 15.9 Å². The van der Waals surface area contributed by atoms with Crippen LogP contribution in [0.1, 0.15) is 84.6 Å². The number of allylic oxidation sites excluding steroid dienone is 4. The molecule has 0 N–H and O–H groups in total. The molecule has 0 aromatic heterocycles. The van der Waals surface area contributed by atoms with Gasteiger partial charge < -0.3 is 18.8 Å². The van der Waals surface area contributed by atoms with E-state index in [1.54, 1.807) is 14.2 Å². The normalized spacial score (nSPS) is 19.6. The molecule has 2 aromatic rings. The molecule has 0 bridgehead atoms. The minimum absolute atomic E-state index is 0.102. The predicted molar refractivity (Wildman–Crippen MR) is 163 cm³/mol. The van der Waals surface area contributed by atoms with Gasteiger partial charge in [0.15, 0.2) is 0 Å². The van der Waals surface area contributed by atoms with Crippen LogP contribution in [0.25, 0.3) is 5.57 Å². The minimum atomic E-state index is -0.198. The highest BCUT2D eigenvalue weighted by molar-refractivity contribution is 9.10. The van der Waals surface area contributed by atoms with Gasteiger partial charge in [0.2, 0.25) is 0 Å². The molecule has 1 fully saturated rings. The van der Waals surface area contributed by atoms with Crippen molar-refractivity contribution in [1.82, 2.24) is 0 Å². The maximum absolute atomic E-state index is 6.01. The maximum Gasteiger partial charge on any atom is 0.490 e.